The van der Waals surface area contributed by atoms with Gasteiger partial charge in [0.25, 0.3) is 0 Å². The van der Waals surface area contributed by atoms with E-state index in [1.54, 1.807) is 36.2 Å². The summed E-state index contributed by atoms with van der Waals surface area (Å²) in [6.07, 6.45) is 3.40. The third-order valence-electron chi connectivity index (χ3n) is 6.85. The molecule has 0 radical (unpaired) electrons. The molecule has 2 aromatic carbocycles. The van der Waals surface area contributed by atoms with Gasteiger partial charge in [-0.2, -0.15) is 0 Å². The van der Waals surface area contributed by atoms with Crippen molar-refractivity contribution in [1.82, 2.24) is 14.5 Å². The summed E-state index contributed by atoms with van der Waals surface area (Å²) in [7, 11) is 1.57. The van der Waals surface area contributed by atoms with E-state index < -0.39 is 0 Å². The molecule has 1 saturated heterocycles. The molecule has 8 heteroatoms. The molecule has 0 saturated carbocycles. The number of rotatable bonds is 5. The van der Waals surface area contributed by atoms with Crippen molar-refractivity contribution in [2.24, 2.45) is 0 Å². The Balaban J connectivity index is 1.70. The van der Waals surface area contributed by atoms with Gasteiger partial charge in [0, 0.05) is 48.9 Å². The van der Waals surface area contributed by atoms with E-state index in [0.29, 0.717) is 16.7 Å². The van der Waals surface area contributed by atoms with Crippen LogP contribution in [0.5, 0.6) is 11.5 Å². The largest absolute Gasteiger partial charge is 0.507 e. The zero-order chi connectivity index (χ0) is 25.4. The highest BCUT2D eigenvalue weighted by atomic mass is 16.5. The van der Waals surface area contributed by atoms with Crippen LogP contribution >= 0.6 is 0 Å². The fourth-order valence-corrected chi connectivity index (χ4v) is 4.92. The molecule has 4 aromatic rings. The summed E-state index contributed by atoms with van der Waals surface area (Å²) < 4.78 is 12.5. The molecule has 0 unspecified atom stereocenters. The van der Waals surface area contributed by atoms with Gasteiger partial charge in [-0.1, -0.05) is 19.9 Å². The Labute approximate surface area is 209 Å². The van der Waals surface area contributed by atoms with Crippen molar-refractivity contribution in [2.75, 3.05) is 33.4 Å². The number of ether oxygens (including phenoxy) is 2. The summed E-state index contributed by atoms with van der Waals surface area (Å²) in [4.78, 5) is 6.62. The van der Waals surface area contributed by atoms with Crippen LogP contribution in [-0.2, 0) is 11.3 Å². The smallest absolute Gasteiger partial charge is 0.142 e. The number of fused-ring (bicyclic) bond motifs is 3. The number of aromatic nitrogens is 2. The fraction of sp³-hybridized carbons (Fsp3) is 0.321. The first kappa shape index (κ1) is 24.0. The van der Waals surface area contributed by atoms with Crippen molar-refractivity contribution in [3.8, 4) is 11.5 Å². The summed E-state index contributed by atoms with van der Waals surface area (Å²) in [5.41, 5.74) is 3.28. The molecule has 3 N–H and O–H groups in total. The maximum absolute atomic E-state index is 10.8. The second-order valence-corrected chi connectivity index (χ2v) is 9.46. The standard InChI is InChI=1S/C28H31N5O3/c1-17(2)20-13-22(25(34)14-26(20)35-3)27(29)33-24-5-4-18(16-32-8-10-36-11-9-32)12-21(24)19-6-7-31-15-23(19)28(33)30/h4-7,12-15,17,29-30,34H,8-11,16H2,1-3H3. The van der Waals surface area contributed by atoms with Crippen LogP contribution in [0.15, 0.2) is 48.8 Å². The molecule has 36 heavy (non-hydrogen) atoms. The number of nitrogens with one attached hydrogen (secondary N) is 2. The first-order valence-corrected chi connectivity index (χ1v) is 12.1. The molecule has 3 heterocycles. The lowest BCUT2D eigenvalue weighted by Crippen LogP contribution is -2.35. The van der Waals surface area contributed by atoms with E-state index in [9.17, 15) is 5.11 Å². The normalized spacial score (nSPS) is 14.6. The van der Waals surface area contributed by atoms with E-state index in [1.165, 1.54) is 0 Å². The summed E-state index contributed by atoms with van der Waals surface area (Å²) in [5.74, 6) is 0.679. The van der Waals surface area contributed by atoms with E-state index in [-0.39, 0.29) is 23.0 Å². The molecule has 1 fully saturated rings. The highest BCUT2D eigenvalue weighted by Crippen LogP contribution is 2.34. The van der Waals surface area contributed by atoms with Gasteiger partial charge in [0.2, 0.25) is 0 Å². The number of hydrogen-bond donors (Lipinski definition) is 3. The molecule has 2 aromatic heterocycles. The van der Waals surface area contributed by atoms with Gasteiger partial charge < -0.3 is 14.6 Å². The minimum Gasteiger partial charge on any atom is -0.507 e. The molecular weight excluding hydrogens is 454 g/mol. The number of benzene rings is 2. The summed E-state index contributed by atoms with van der Waals surface area (Å²) in [6, 6.07) is 11.4. The van der Waals surface area contributed by atoms with Gasteiger partial charge >= 0.3 is 0 Å². The Hall–Kier alpha value is -3.75. The molecule has 0 bridgehead atoms. The zero-order valence-corrected chi connectivity index (χ0v) is 20.8. The second kappa shape index (κ2) is 9.72. The maximum Gasteiger partial charge on any atom is 0.142 e. The molecule has 5 rings (SSSR count). The number of aromatic hydroxyl groups is 1. The van der Waals surface area contributed by atoms with E-state index in [1.807, 2.05) is 26.0 Å². The third kappa shape index (κ3) is 4.23. The summed E-state index contributed by atoms with van der Waals surface area (Å²) >= 11 is 0. The molecule has 0 amide bonds. The Morgan fingerprint density at radius 1 is 1.11 bits per heavy atom. The number of methoxy groups -OCH3 is 1. The minimum absolute atomic E-state index is 0.0266. The van der Waals surface area contributed by atoms with Gasteiger partial charge in [-0.25, -0.2) is 0 Å². The highest BCUT2D eigenvalue weighted by molar-refractivity contribution is 6.12. The van der Waals surface area contributed by atoms with Gasteiger partial charge in [0.1, 0.15) is 22.8 Å². The number of pyridine rings is 2. The lowest BCUT2D eigenvalue weighted by molar-refractivity contribution is 0.0342. The van der Waals surface area contributed by atoms with E-state index in [4.69, 9.17) is 20.3 Å². The van der Waals surface area contributed by atoms with Crippen molar-refractivity contribution in [2.45, 2.75) is 26.3 Å². The monoisotopic (exact) mass is 485 g/mol. The molecule has 0 atom stereocenters. The topological polar surface area (TPSA) is 107 Å². The van der Waals surface area contributed by atoms with Crippen LogP contribution < -0.4 is 10.2 Å². The second-order valence-electron chi connectivity index (χ2n) is 9.46. The number of nitrogens with zero attached hydrogens (tertiary/aromatic N) is 3. The van der Waals surface area contributed by atoms with Crippen LogP contribution in [0.4, 0.5) is 0 Å². The van der Waals surface area contributed by atoms with Crippen LogP contribution in [0, 0.1) is 10.8 Å². The molecule has 8 nitrogen and oxygen atoms in total. The van der Waals surface area contributed by atoms with Gasteiger partial charge in [-0.3, -0.25) is 25.3 Å². The Bertz CT molecular complexity index is 1520. The zero-order valence-electron chi connectivity index (χ0n) is 20.8. The number of phenolic OH excluding ortho intramolecular Hbond substituents is 1. The lowest BCUT2D eigenvalue weighted by Gasteiger charge is -2.26. The molecule has 0 spiro atoms. The van der Waals surface area contributed by atoms with Crippen LogP contribution in [-0.4, -0.2) is 58.8 Å². The molecule has 1 aliphatic rings. The maximum atomic E-state index is 10.8. The van der Waals surface area contributed by atoms with Crippen LogP contribution in [0.1, 0.15) is 36.5 Å². The first-order valence-electron chi connectivity index (χ1n) is 12.1. The van der Waals surface area contributed by atoms with Crippen LogP contribution in [0.25, 0.3) is 21.7 Å². The predicted octanol–water partition coefficient (Wildman–Crippen LogP) is 4.21. The van der Waals surface area contributed by atoms with Crippen LogP contribution in [0.3, 0.4) is 0 Å². The Morgan fingerprint density at radius 3 is 2.61 bits per heavy atom. The molecule has 1 aliphatic heterocycles. The Morgan fingerprint density at radius 2 is 1.89 bits per heavy atom. The van der Waals surface area contributed by atoms with E-state index >= 15 is 0 Å². The van der Waals surface area contributed by atoms with Gasteiger partial charge in [0.15, 0.2) is 0 Å². The fourth-order valence-electron chi connectivity index (χ4n) is 4.92. The summed E-state index contributed by atoms with van der Waals surface area (Å²) in [5, 5.41) is 31.5. The molecule has 0 aliphatic carbocycles. The minimum atomic E-state index is -0.0588. The molecule has 186 valence electrons. The average molecular weight is 486 g/mol. The number of hydrogen-bond acceptors (Lipinski definition) is 7. The lowest BCUT2D eigenvalue weighted by atomic mass is 9.97. The van der Waals surface area contributed by atoms with Crippen molar-refractivity contribution in [3.63, 3.8) is 0 Å². The third-order valence-corrected chi connectivity index (χ3v) is 6.85. The SMILES string of the molecule is COc1cc(O)c(C(=N)n2c(=N)c3cnccc3c3cc(CN4CCOCC4)ccc32)cc1C(C)C. The van der Waals surface area contributed by atoms with Crippen molar-refractivity contribution in [3.05, 3.63) is 71.0 Å². The van der Waals surface area contributed by atoms with Crippen molar-refractivity contribution >= 4 is 27.5 Å². The average Bonchev–Trinajstić information content (AvgIpc) is 2.89. The quantitative estimate of drug-likeness (QED) is 0.223. The van der Waals surface area contributed by atoms with Gasteiger partial charge in [-0.05, 0) is 46.7 Å². The van der Waals surface area contributed by atoms with E-state index in [2.05, 4.69) is 22.0 Å². The van der Waals surface area contributed by atoms with Gasteiger partial charge in [-0.15, -0.1) is 0 Å². The van der Waals surface area contributed by atoms with E-state index in [0.717, 1.165) is 60.3 Å². The number of morpholine rings is 1. The predicted molar refractivity (Wildman–Crippen MR) is 140 cm³/mol. The Kier molecular flexibility index (Phi) is 6.47. The summed E-state index contributed by atoms with van der Waals surface area (Å²) in [6.45, 7) is 8.16. The van der Waals surface area contributed by atoms with Crippen molar-refractivity contribution in [1.29, 1.82) is 10.8 Å². The first-order chi connectivity index (χ1) is 17.4. The van der Waals surface area contributed by atoms with Crippen LogP contribution in [0.2, 0.25) is 0 Å². The van der Waals surface area contributed by atoms with Crippen molar-refractivity contribution < 1.29 is 14.6 Å². The van der Waals surface area contributed by atoms with Gasteiger partial charge in [0.05, 0.1) is 31.4 Å². The number of phenols is 1. The molecular formula is C28H31N5O3. The highest BCUT2D eigenvalue weighted by Gasteiger charge is 2.20.